The molecule has 0 aliphatic carbocycles. The van der Waals surface area contributed by atoms with Crippen LogP contribution in [0.2, 0.25) is 5.02 Å². The van der Waals surface area contributed by atoms with Crippen molar-refractivity contribution in [2.75, 3.05) is 5.32 Å². The molecular weight excluding hydrogens is 253 g/mol. The summed E-state index contributed by atoms with van der Waals surface area (Å²) < 4.78 is 13.0. The van der Waals surface area contributed by atoms with Crippen molar-refractivity contribution in [3.05, 3.63) is 58.9 Å². The summed E-state index contributed by atoms with van der Waals surface area (Å²) in [5.74, 6) is -0.395. The molecule has 0 atom stereocenters. The van der Waals surface area contributed by atoms with E-state index in [9.17, 15) is 9.18 Å². The molecule has 0 saturated carbocycles. The quantitative estimate of drug-likeness (QED) is 0.830. The average molecular weight is 264 g/mol. The highest BCUT2D eigenvalue weighted by Gasteiger charge is 2.04. The van der Waals surface area contributed by atoms with Gasteiger partial charge in [-0.05, 0) is 43.3 Å². The second kappa shape index (κ2) is 5.19. The zero-order chi connectivity index (χ0) is 13.1. The van der Waals surface area contributed by atoms with Crippen LogP contribution in [-0.4, -0.2) is 5.78 Å². The zero-order valence-electron chi connectivity index (χ0n) is 9.71. The molecule has 1 N–H and O–H groups in total. The van der Waals surface area contributed by atoms with Gasteiger partial charge in [-0.3, -0.25) is 4.79 Å². The van der Waals surface area contributed by atoms with Gasteiger partial charge < -0.3 is 5.32 Å². The van der Waals surface area contributed by atoms with Crippen LogP contribution in [0.15, 0.2) is 42.5 Å². The van der Waals surface area contributed by atoms with Gasteiger partial charge >= 0.3 is 0 Å². The van der Waals surface area contributed by atoms with Gasteiger partial charge in [0.15, 0.2) is 5.78 Å². The predicted octanol–water partition coefficient (Wildman–Crippen LogP) is 4.43. The third kappa shape index (κ3) is 3.08. The van der Waals surface area contributed by atoms with E-state index in [0.717, 1.165) is 0 Å². The van der Waals surface area contributed by atoms with Gasteiger partial charge in [0.05, 0.1) is 0 Å². The first-order valence-electron chi connectivity index (χ1n) is 5.39. The summed E-state index contributed by atoms with van der Waals surface area (Å²) >= 11 is 5.93. The smallest absolute Gasteiger partial charge is 0.159 e. The highest BCUT2D eigenvalue weighted by atomic mass is 35.5. The first kappa shape index (κ1) is 12.6. The van der Waals surface area contributed by atoms with Crippen molar-refractivity contribution < 1.29 is 9.18 Å². The van der Waals surface area contributed by atoms with Crippen molar-refractivity contribution in [1.82, 2.24) is 0 Å². The number of benzene rings is 2. The first-order chi connectivity index (χ1) is 8.54. The fraction of sp³-hybridized carbons (Fsp3) is 0.0714. The lowest BCUT2D eigenvalue weighted by atomic mass is 10.1. The number of halogens is 2. The Morgan fingerprint density at radius 2 is 1.94 bits per heavy atom. The second-order valence-corrected chi connectivity index (χ2v) is 4.36. The summed E-state index contributed by atoms with van der Waals surface area (Å²) in [6.45, 7) is 1.47. The maximum Gasteiger partial charge on any atom is 0.159 e. The molecule has 2 aromatic rings. The lowest BCUT2D eigenvalue weighted by Gasteiger charge is -2.08. The van der Waals surface area contributed by atoms with Crippen LogP contribution in [0.1, 0.15) is 17.3 Å². The molecule has 2 nitrogen and oxygen atoms in total. The van der Waals surface area contributed by atoms with Crippen LogP contribution >= 0.6 is 11.6 Å². The largest absolute Gasteiger partial charge is 0.355 e. The van der Waals surface area contributed by atoms with Gasteiger partial charge in [-0.15, -0.1) is 0 Å². The Morgan fingerprint density at radius 1 is 1.17 bits per heavy atom. The van der Waals surface area contributed by atoms with E-state index in [1.807, 2.05) is 0 Å². The fourth-order valence-corrected chi connectivity index (χ4v) is 1.83. The number of nitrogens with one attached hydrogen (secondary N) is 1. The Morgan fingerprint density at radius 3 is 2.61 bits per heavy atom. The van der Waals surface area contributed by atoms with E-state index in [1.54, 1.807) is 30.3 Å². The van der Waals surface area contributed by atoms with E-state index >= 15 is 0 Å². The van der Waals surface area contributed by atoms with E-state index in [2.05, 4.69) is 5.32 Å². The van der Waals surface area contributed by atoms with Crippen LogP contribution in [0.5, 0.6) is 0 Å². The van der Waals surface area contributed by atoms with E-state index in [-0.39, 0.29) is 11.6 Å². The lowest BCUT2D eigenvalue weighted by Crippen LogP contribution is -1.96. The van der Waals surface area contributed by atoms with Gasteiger partial charge in [0.1, 0.15) is 5.82 Å². The molecule has 0 radical (unpaired) electrons. The van der Waals surface area contributed by atoms with Gasteiger partial charge in [0.2, 0.25) is 0 Å². The van der Waals surface area contributed by atoms with Crippen LogP contribution in [0.3, 0.4) is 0 Å². The van der Waals surface area contributed by atoms with Crippen molar-refractivity contribution >= 4 is 28.8 Å². The first-order valence-corrected chi connectivity index (χ1v) is 5.76. The number of rotatable bonds is 3. The molecule has 0 spiro atoms. The average Bonchev–Trinajstić information content (AvgIpc) is 2.28. The molecule has 0 saturated heterocycles. The molecule has 2 rings (SSSR count). The summed E-state index contributed by atoms with van der Waals surface area (Å²) in [5.41, 5.74) is 1.77. The topological polar surface area (TPSA) is 29.1 Å². The molecule has 0 unspecified atom stereocenters. The van der Waals surface area contributed by atoms with E-state index in [1.165, 1.54) is 19.1 Å². The molecule has 92 valence electrons. The number of hydrogen-bond acceptors (Lipinski definition) is 2. The van der Waals surface area contributed by atoms with Crippen LogP contribution in [-0.2, 0) is 0 Å². The maximum absolute atomic E-state index is 13.0. The third-order valence-corrected chi connectivity index (χ3v) is 2.64. The van der Waals surface area contributed by atoms with Gasteiger partial charge in [-0.1, -0.05) is 17.7 Å². The third-order valence-electron chi connectivity index (χ3n) is 2.42. The molecule has 2 aromatic carbocycles. The molecule has 0 fully saturated rings. The van der Waals surface area contributed by atoms with Crippen LogP contribution < -0.4 is 5.32 Å². The lowest BCUT2D eigenvalue weighted by molar-refractivity contribution is 0.101. The van der Waals surface area contributed by atoms with E-state index in [4.69, 9.17) is 11.6 Å². The fourth-order valence-electron chi connectivity index (χ4n) is 1.60. The minimum atomic E-state index is -0.325. The van der Waals surface area contributed by atoms with Crippen molar-refractivity contribution in [3.8, 4) is 0 Å². The number of ketones is 1. The zero-order valence-corrected chi connectivity index (χ0v) is 10.5. The minimum Gasteiger partial charge on any atom is -0.355 e. The second-order valence-electron chi connectivity index (χ2n) is 3.92. The van der Waals surface area contributed by atoms with Crippen molar-refractivity contribution in [2.45, 2.75) is 6.92 Å². The Labute approximate surface area is 109 Å². The van der Waals surface area contributed by atoms with Gasteiger partial charge in [0.25, 0.3) is 0 Å². The van der Waals surface area contributed by atoms with Crippen LogP contribution in [0.25, 0.3) is 0 Å². The normalized spacial score (nSPS) is 10.2. The van der Waals surface area contributed by atoms with Gasteiger partial charge in [-0.25, -0.2) is 4.39 Å². The van der Waals surface area contributed by atoms with Crippen molar-refractivity contribution in [2.24, 2.45) is 0 Å². The summed E-state index contributed by atoms with van der Waals surface area (Å²) in [7, 11) is 0. The molecule has 0 amide bonds. The Kier molecular flexibility index (Phi) is 3.63. The number of carbonyl (C=O) groups excluding carboxylic acids is 1. The van der Waals surface area contributed by atoms with E-state index < -0.39 is 0 Å². The highest BCUT2D eigenvalue weighted by molar-refractivity contribution is 6.31. The van der Waals surface area contributed by atoms with E-state index in [0.29, 0.717) is 22.0 Å². The van der Waals surface area contributed by atoms with Crippen LogP contribution in [0, 0.1) is 5.82 Å². The molecule has 18 heavy (non-hydrogen) atoms. The maximum atomic E-state index is 13.0. The summed E-state index contributed by atoms with van der Waals surface area (Å²) in [6, 6.07) is 11.0. The molecular formula is C14H11ClFNO. The molecule has 0 aliphatic rings. The molecule has 0 bridgehead atoms. The van der Waals surface area contributed by atoms with Crippen LogP contribution in [0.4, 0.5) is 15.8 Å². The van der Waals surface area contributed by atoms with Crippen molar-refractivity contribution in [3.63, 3.8) is 0 Å². The number of Topliss-reactive ketones (excluding diaryl/α,β-unsaturated/α-hetero) is 1. The standard InChI is InChI=1S/C14H11ClFNO/c1-9(18)10-5-11(15)7-14(6-10)17-13-4-2-3-12(16)8-13/h2-8,17H,1H3. The molecule has 0 aromatic heterocycles. The monoisotopic (exact) mass is 263 g/mol. The number of anilines is 2. The highest BCUT2D eigenvalue weighted by Crippen LogP contribution is 2.23. The Bertz CT molecular complexity index is 598. The number of carbonyl (C=O) groups is 1. The molecule has 0 heterocycles. The molecule has 0 aliphatic heterocycles. The van der Waals surface area contributed by atoms with Gasteiger partial charge in [-0.2, -0.15) is 0 Å². The summed E-state index contributed by atoms with van der Waals surface area (Å²) in [4.78, 5) is 11.3. The Hall–Kier alpha value is -1.87. The van der Waals surface area contributed by atoms with Crippen molar-refractivity contribution in [1.29, 1.82) is 0 Å². The summed E-state index contributed by atoms with van der Waals surface area (Å²) in [5, 5.41) is 3.46. The SMILES string of the molecule is CC(=O)c1cc(Cl)cc(Nc2cccc(F)c2)c1. The minimum absolute atomic E-state index is 0.0696. The molecule has 4 heteroatoms. The Balaban J connectivity index is 2.31. The summed E-state index contributed by atoms with van der Waals surface area (Å²) in [6.07, 6.45) is 0. The van der Waals surface area contributed by atoms with Gasteiger partial charge in [0, 0.05) is 22.0 Å². The predicted molar refractivity (Wildman–Crippen MR) is 71.1 cm³/mol. The number of hydrogen-bond donors (Lipinski definition) is 1.